The van der Waals surface area contributed by atoms with Crippen molar-refractivity contribution in [2.24, 2.45) is 11.3 Å². The van der Waals surface area contributed by atoms with Gasteiger partial charge in [-0.15, -0.1) is 0 Å². The van der Waals surface area contributed by atoms with Crippen molar-refractivity contribution in [3.05, 3.63) is 45.8 Å². The first kappa shape index (κ1) is 27.1. The number of alkyl halides is 2. The molecule has 0 bridgehead atoms. The van der Waals surface area contributed by atoms with Gasteiger partial charge < -0.3 is 14.9 Å². The van der Waals surface area contributed by atoms with Crippen LogP contribution in [0, 0.1) is 18.3 Å². The quantitative estimate of drug-likeness (QED) is 0.345. The Labute approximate surface area is 209 Å². The van der Waals surface area contributed by atoms with Crippen LogP contribution in [0.3, 0.4) is 0 Å². The molecule has 2 N–H and O–H groups in total. The Morgan fingerprint density at radius 1 is 1.29 bits per heavy atom. The second-order valence-corrected chi connectivity index (χ2v) is 11.2. The lowest BCUT2D eigenvalue weighted by Gasteiger charge is -2.38. The number of carbonyl (C=O) groups is 2. The number of carbonyl (C=O) groups excluding carboxylic acids is 1. The molecule has 0 spiro atoms. The maximum absolute atomic E-state index is 14.2. The van der Waals surface area contributed by atoms with Gasteiger partial charge in [-0.3, -0.25) is 9.59 Å². The Bertz CT molecular complexity index is 1060. The van der Waals surface area contributed by atoms with E-state index in [1.54, 1.807) is 18.2 Å². The van der Waals surface area contributed by atoms with Crippen LogP contribution < -0.4 is 5.32 Å². The Hall–Kier alpha value is -2.48. The zero-order valence-corrected chi connectivity index (χ0v) is 21.3. The van der Waals surface area contributed by atoms with Gasteiger partial charge in [0.25, 0.3) is 6.43 Å². The largest absolute Gasteiger partial charge is 0.481 e. The van der Waals surface area contributed by atoms with Gasteiger partial charge in [-0.05, 0) is 61.6 Å². The maximum atomic E-state index is 14.2. The molecule has 1 amide bonds. The van der Waals surface area contributed by atoms with Crippen molar-refractivity contribution in [1.82, 2.24) is 5.16 Å². The van der Waals surface area contributed by atoms with Crippen LogP contribution in [0.25, 0.3) is 0 Å². The molecule has 6 nitrogen and oxygen atoms in total. The van der Waals surface area contributed by atoms with Gasteiger partial charge in [-0.25, -0.2) is 8.78 Å². The van der Waals surface area contributed by atoms with Gasteiger partial charge in [0.1, 0.15) is 5.76 Å². The fourth-order valence-electron chi connectivity index (χ4n) is 4.89. The summed E-state index contributed by atoms with van der Waals surface area (Å²) in [4.78, 5) is 24.0. The third-order valence-electron chi connectivity index (χ3n) is 6.43. The minimum absolute atomic E-state index is 0.0204. The Balaban J connectivity index is 1.80. The highest BCUT2D eigenvalue weighted by molar-refractivity contribution is 6.33. The van der Waals surface area contributed by atoms with E-state index in [2.05, 4.69) is 31.2 Å². The first-order chi connectivity index (χ1) is 16.3. The fraction of sp³-hybridized carbons (Fsp3) is 0.577. The number of nitrogens with zero attached hydrogens (tertiary/aromatic N) is 1. The van der Waals surface area contributed by atoms with Crippen LogP contribution in [0.15, 0.2) is 22.7 Å². The molecule has 9 heteroatoms. The summed E-state index contributed by atoms with van der Waals surface area (Å²) >= 11 is 6.19. The second kappa shape index (κ2) is 11.1. The standard InChI is InChI=1S/C26H33ClF2N2O4/c1-14-5-7-19(18(27)9-14)30-20(32)12-16(6-8-21(33)34)23-22(25(28)29)24(35-31-23)17-10-15(11-17)13-26(2,3)4/h5,7,9,15-17,25H,6,8,10-13H2,1-4H3,(H,30,32)(H,33,34). The molecule has 1 saturated carbocycles. The third-order valence-corrected chi connectivity index (χ3v) is 6.75. The van der Waals surface area contributed by atoms with Gasteiger partial charge in [-0.1, -0.05) is 43.6 Å². The van der Waals surface area contributed by atoms with Crippen molar-refractivity contribution < 1.29 is 28.0 Å². The fourth-order valence-corrected chi connectivity index (χ4v) is 5.18. The lowest BCUT2D eigenvalue weighted by atomic mass is 9.67. The molecule has 1 unspecified atom stereocenters. The summed E-state index contributed by atoms with van der Waals surface area (Å²) in [6.07, 6.45) is -0.874. The number of hydrogen-bond acceptors (Lipinski definition) is 4. The molecule has 1 aromatic carbocycles. The number of carboxylic acids is 1. The number of halogens is 3. The minimum atomic E-state index is -2.84. The van der Waals surface area contributed by atoms with Crippen LogP contribution in [-0.4, -0.2) is 22.1 Å². The van der Waals surface area contributed by atoms with E-state index in [0.29, 0.717) is 16.6 Å². The van der Waals surface area contributed by atoms with E-state index in [9.17, 15) is 23.5 Å². The molecule has 192 valence electrons. The molecular weight excluding hydrogens is 478 g/mol. The minimum Gasteiger partial charge on any atom is -0.481 e. The summed E-state index contributed by atoms with van der Waals surface area (Å²) in [6, 6.07) is 5.14. The van der Waals surface area contributed by atoms with Gasteiger partial charge in [0.2, 0.25) is 5.91 Å². The van der Waals surface area contributed by atoms with Crippen LogP contribution >= 0.6 is 11.6 Å². The van der Waals surface area contributed by atoms with Crippen LogP contribution in [0.2, 0.25) is 5.02 Å². The Morgan fingerprint density at radius 3 is 2.54 bits per heavy atom. The zero-order valence-electron chi connectivity index (χ0n) is 20.5. The van der Waals surface area contributed by atoms with Gasteiger partial charge in [-0.2, -0.15) is 0 Å². The molecule has 1 fully saturated rings. The summed E-state index contributed by atoms with van der Waals surface area (Å²) < 4.78 is 33.8. The zero-order chi connectivity index (χ0) is 25.9. The van der Waals surface area contributed by atoms with Crippen LogP contribution in [0.5, 0.6) is 0 Å². The molecule has 0 saturated heterocycles. The topological polar surface area (TPSA) is 92.4 Å². The molecule has 3 rings (SSSR count). The van der Waals surface area contributed by atoms with Crippen molar-refractivity contribution in [3.63, 3.8) is 0 Å². The Kier molecular flexibility index (Phi) is 8.57. The van der Waals surface area contributed by atoms with E-state index < -0.39 is 24.2 Å². The van der Waals surface area contributed by atoms with Crippen LogP contribution in [0.1, 0.15) is 100 Å². The van der Waals surface area contributed by atoms with Gasteiger partial charge in [0.15, 0.2) is 0 Å². The molecule has 0 aliphatic heterocycles. The second-order valence-electron chi connectivity index (χ2n) is 10.8. The highest BCUT2D eigenvalue weighted by atomic mass is 35.5. The van der Waals surface area contributed by atoms with Gasteiger partial charge >= 0.3 is 5.97 Å². The molecule has 1 aromatic heterocycles. The van der Waals surface area contributed by atoms with E-state index in [1.165, 1.54) is 0 Å². The predicted molar refractivity (Wildman–Crippen MR) is 130 cm³/mol. The highest BCUT2D eigenvalue weighted by Gasteiger charge is 2.40. The van der Waals surface area contributed by atoms with Crippen molar-refractivity contribution in [1.29, 1.82) is 0 Å². The highest BCUT2D eigenvalue weighted by Crippen LogP contribution is 2.50. The Morgan fingerprint density at radius 2 is 1.97 bits per heavy atom. The average Bonchev–Trinajstić information content (AvgIpc) is 3.13. The number of aryl methyl sites for hydroxylation is 1. The maximum Gasteiger partial charge on any atom is 0.303 e. The number of aromatic nitrogens is 1. The summed E-state index contributed by atoms with van der Waals surface area (Å²) in [5.74, 6) is -1.92. The smallest absolute Gasteiger partial charge is 0.303 e. The van der Waals surface area contributed by atoms with Crippen LogP contribution in [0.4, 0.5) is 14.5 Å². The number of aliphatic carboxylic acids is 1. The molecule has 1 heterocycles. The summed E-state index contributed by atoms with van der Waals surface area (Å²) in [6.45, 7) is 8.32. The molecule has 35 heavy (non-hydrogen) atoms. The van der Waals surface area contributed by atoms with Crippen molar-refractivity contribution in [2.45, 2.75) is 84.5 Å². The van der Waals surface area contributed by atoms with Gasteiger partial charge in [0.05, 0.1) is 22.0 Å². The number of nitrogens with one attached hydrogen (secondary N) is 1. The summed E-state index contributed by atoms with van der Waals surface area (Å²) in [5.41, 5.74) is 1.16. The van der Waals surface area contributed by atoms with E-state index in [0.717, 1.165) is 24.8 Å². The SMILES string of the molecule is Cc1ccc(NC(=O)CC(CCC(=O)O)c2noc(C3CC(CC(C)(C)C)C3)c2C(F)F)c(Cl)c1. The predicted octanol–water partition coefficient (Wildman–Crippen LogP) is 7.48. The number of hydrogen-bond donors (Lipinski definition) is 2. The van der Waals surface area contributed by atoms with Crippen LogP contribution in [-0.2, 0) is 9.59 Å². The van der Waals surface area contributed by atoms with Crippen molar-refractivity contribution in [3.8, 4) is 0 Å². The van der Waals surface area contributed by atoms with Crippen molar-refractivity contribution in [2.75, 3.05) is 5.32 Å². The lowest BCUT2D eigenvalue weighted by molar-refractivity contribution is -0.137. The normalized spacial score (nSPS) is 18.9. The van der Waals surface area contributed by atoms with E-state index >= 15 is 0 Å². The first-order valence-corrected chi connectivity index (χ1v) is 12.3. The average molecular weight is 511 g/mol. The number of rotatable bonds is 10. The first-order valence-electron chi connectivity index (χ1n) is 11.9. The van der Waals surface area contributed by atoms with E-state index in [4.69, 9.17) is 16.1 Å². The van der Waals surface area contributed by atoms with Crippen molar-refractivity contribution >= 4 is 29.2 Å². The molecular formula is C26H33ClF2N2O4. The number of amides is 1. The monoisotopic (exact) mass is 510 g/mol. The third kappa shape index (κ3) is 7.26. The molecule has 1 atom stereocenters. The molecule has 2 aromatic rings. The number of benzene rings is 1. The lowest BCUT2D eigenvalue weighted by Crippen LogP contribution is -2.26. The molecule has 1 aliphatic carbocycles. The van der Waals surface area contributed by atoms with Gasteiger partial charge in [0, 0.05) is 24.7 Å². The molecule has 0 radical (unpaired) electrons. The summed E-state index contributed by atoms with van der Waals surface area (Å²) in [7, 11) is 0. The van der Waals surface area contributed by atoms with E-state index in [-0.39, 0.29) is 47.6 Å². The van der Waals surface area contributed by atoms with E-state index in [1.807, 2.05) is 6.92 Å². The molecule has 1 aliphatic rings. The number of anilines is 1. The number of carboxylic acid groups (broad SMARTS) is 1. The summed E-state index contributed by atoms with van der Waals surface area (Å²) in [5, 5.41) is 16.2.